The van der Waals surface area contributed by atoms with Crippen molar-refractivity contribution in [3.63, 3.8) is 0 Å². The molecule has 1 amide bonds. The fraction of sp³-hybridized carbons (Fsp3) is 0.929. The van der Waals surface area contributed by atoms with Crippen LogP contribution in [0.25, 0.3) is 0 Å². The van der Waals surface area contributed by atoms with Gasteiger partial charge in [-0.2, -0.15) is 0 Å². The van der Waals surface area contributed by atoms with E-state index < -0.39 is 0 Å². The number of rotatable bonds is 3. The van der Waals surface area contributed by atoms with Gasteiger partial charge < -0.3 is 5.32 Å². The second-order valence-electron chi connectivity index (χ2n) is 5.65. The maximum absolute atomic E-state index is 12.2. The summed E-state index contributed by atoms with van der Waals surface area (Å²) in [6.45, 7) is 0. The van der Waals surface area contributed by atoms with Gasteiger partial charge in [-0.05, 0) is 31.6 Å². The number of halogens is 1. The molecule has 2 aliphatic carbocycles. The average Bonchev–Trinajstić information content (AvgIpc) is 2.40. The van der Waals surface area contributed by atoms with Crippen molar-refractivity contribution < 1.29 is 4.79 Å². The molecule has 2 unspecified atom stereocenters. The highest BCUT2D eigenvalue weighted by Gasteiger charge is 2.28. The van der Waals surface area contributed by atoms with Gasteiger partial charge >= 0.3 is 0 Å². The van der Waals surface area contributed by atoms with Crippen LogP contribution in [0.1, 0.15) is 57.8 Å². The molecule has 0 saturated heterocycles. The van der Waals surface area contributed by atoms with Crippen LogP contribution in [-0.2, 0) is 4.79 Å². The van der Waals surface area contributed by atoms with Crippen molar-refractivity contribution in [1.82, 2.24) is 5.32 Å². The number of hydrogen-bond acceptors (Lipinski definition) is 1. The summed E-state index contributed by atoms with van der Waals surface area (Å²) in [5, 5.41) is 4.35. The average molecular weight is 302 g/mol. The zero-order chi connectivity index (χ0) is 12.1. The van der Waals surface area contributed by atoms with Crippen LogP contribution in [0.15, 0.2) is 0 Å². The van der Waals surface area contributed by atoms with Gasteiger partial charge in [0.05, 0.1) is 0 Å². The second-order valence-corrected chi connectivity index (χ2v) is 6.30. The third-order valence-electron chi connectivity index (χ3n) is 4.41. The van der Waals surface area contributed by atoms with Gasteiger partial charge in [-0.15, -0.1) is 0 Å². The lowest BCUT2D eigenvalue weighted by molar-refractivity contribution is -0.127. The predicted octanol–water partition coefficient (Wildman–Crippen LogP) is 3.64. The standard InChI is InChI=1S/C14H24BrNO/c15-10-12-8-4-5-9-13(12)16-14(17)11-6-2-1-3-7-11/h11-13H,1-10H2,(H,16,17). The van der Waals surface area contributed by atoms with Crippen LogP contribution in [0.2, 0.25) is 0 Å². The molecule has 0 heterocycles. The number of alkyl halides is 1. The van der Waals surface area contributed by atoms with E-state index in [0.29, 0.717) is 23.8 Å². The number of carbonyl (C=O) groups is 1. The smallest absolute Gasteiger partial charge is 0.223 e. The molecule has 2 nitrogen and oxygen atoms in total. The van der Waals surface area contributed by atoms with Gasteiger partial charge in [0.1, 0.15) is 0 Å². The molecule has 0 spiro atoms. The molecule has 2 saturated carbocycles. The maximum atomic E-state index is 12.2. The molecule has 0 aliphatic heterocycles. The molecule has 2 aliphatic rings. The Bertz CT molecular complexity index is 251. The lowest BCUT2D eigenvalue weighted by Crippen LogP contribution is -2.45. The summed E-state index contributed by atoms with van der Waals surface area (Å²) in [6.07, 6.45) is 11.1. The molecule has 3 heteroatoms. The third-order valence-corrected chi connectivity index (χ3v) is 5.24. The first-order valence-corrected chi connectivity index (χ1v) is 8.29. The fourth-order valence-corrected chi connectivity index (χ4v) is 4.02. The van der Waals surface area contributed by atoms with E-state index in [4.69, 9.17) is 0 Å². The van der Waals surface area contributed by atoms with E-state index in [1.807, 2.05) is 0 Å². The van der Waals surface area contributed by atoms with E-state index in [9.17, 15) is 4.79 Å². The Hall–Kier alpha value is -0.0500. The van der Waals surface area contributed by atoms with E-state index in [1.165, 1.54) is 44.9 Å². The Labute approximate surface area is 113 Å². The highest BCUT2D eigenvalue weighted by molar-refractivity contribution is 9.09. The molecule has 0 bridgehead atoms. The summed E-state index contributed by atoms with van der Waals surface area (Å²) in [6, 6.07) is 0.428. The summed E-state index contributed by atoms with van der Waals surface area (Å²) in [5.74, 6) is 1.29. The fourth-order valence-electron chi connectivity index (χ4n) is 3.25. The van der Waals surface area contributed by atoms with Crippen molar-refractivity contribution in [3.05, 3.63) is 0 Å². The molecule has 2 fully saturated rings. The quantitative estimate of drug-likeness (QED) is 0.792. The molecule has 0 aromatic carbocycles. The van der Waals surface area contributed by atoms with Crippen molar-refractivity contribution in [1.29, 1.82) is 0 Å². The molecule has 2 atom stereocenters. The molecule has 0 aromatic rings. The molecular weight excluding hydrogens is 278 g/mol. The number of amides is 1. The molecule has 1 N–H and O–H groups in total. The van der Waals surface area contributed by atoms with Crippen molar-refractivity contribution in [2.45, 2.75) is 63.8 Å². The molecule has 2 rings (SSSR count). The first-order chi connectivity index (χ1) is 8.31. The van der Waals surface area contributed by atoms with Gasteiger partial charge in [0.2, 0.25) is 5.91 Å². The Morgan fingerprint density at radius 3 is 2.35 bits per heavy atom. The van der Waals surface area contributed by atoms with Crippen LogP contribution in [0.5, 0.6) is 0 Å². The first kappa shape index (κ1) is 13.4. The summed E-state index contributed by atoms with van der Waals surface area (Å²) >= 11 is 3.59. The summed E-state index contributed by atoms with van der Waals surface area (Å²) in [4.78, 5) is 12.2. The van der Waals surface area contributed by atoms with E-state index >= 15 is 0 Å². The summed E-state index contributed by atoms with van der Waals surface area (Å²) in [5.41, 5.74) is 0. The minimum absolute atomic E-state index is 0.307. The normalized spacial score (nSPS) is 31.1. The van der Waals surface area contributed by atoms with Gasteiger partial charge in [0, 0.05) is 17.3 Å². The number of hydrogen-bond donors (Lipinski definition) is 1. The molecule has 98 valence electrons. The minimum atomic E-state index is 0.307. The summed E-state index contributed by atoms with van der Waals surface area (Å²) in [7, 11) is 0. The molecule has 0 radical (unpaired) electrons. The zero-order valence-electron chi connectivity index (χ0n) is 10.6. The Kier molecular flexibility index (Phi) is 5.33. The van der Waals surface area contributed by atoms with E-state index in [1.54, 1.807) is 0 Å². The predicted molar refractivity (Wildman–Crippen MR) is 74.3 cm³/mol. The molecular formula is C14H24BrNO. The van der Waals surface area contributed by atoms with Crippen LogP contribution in [0.4, 0.5) is 0 Å². The van der Waals surface area contributed by atoms with Crippen LogP contribution < -0.4 is 5.32 Å². The lowest BCUT2D eigenvalue weighted by atomic mass is 9.84. The topological polar surface area (TPSA) is 29.1 Å². The van der Waals surface area contributed by atoms with Crippen LogP contribution in [0, 0.1) is 11.8 Å². The third kappa shape index (κ3) is 3.70. The highest BCUT2D eigenvalue weighted by Crippen LogP contribution is 2.28. The summed E-state index contributed by atoms with van der Waals surface area (Å²) < 4.78 is 0. The second kappa shape index (κ2) is 6.77. The van der Waals surface area contributed by atoms with Gasteiger partial charge in [-0.25, -0.2) is 0 Å². The SMILES string of the molecule is O=C(NC1CCCCC1CBr)C1CCCCC1. The van der Waals surface area contributed by atoms with Gasteiger partial charge in [-0.1, -0.05) is 48.0 Å². The number of carbonyl (C=O) groups excluding carboxylic acids is 1. The lowest BCUT2D eigenvalue weighted by Gasteiger charge is -2.32. The van der Waals surface area contributed by atoms with Crippen molar-refractivity contribution in [2.75, 3.05) is 5.33 Å². The van der Waals surface area contributed by atoms with E-state index in [2.05, 4.69) is 21.2 Å². The largest absolute Gasteiger partial charge is 0.353 e. The molecule has 0 aromatic heterocycles. The van der Waals surface area contributed by atoms with Gasteiger partial charge in [-0.3, -0.25) is 4.79 Å². The minimum Gasteiger partial charge on any atom is -0.353 e. The van der Waals surface area contributed by atoms with E-state index in [-0.39, 0.29) is 0 Å². The van der Waals surface area contributed by atoms with Crippen LogP contribution in [0.3, 0.4) is 0 Å². The van der Waals surface area contributed by atoms with Gasteiger partial charge in [0.15, 0.2) is 0 Å². The van der Waals surface area contributed by atoms with Crippen LogP contribution >= 0.6 is 15.9 Å². The Balaban J connectivity index is 1.83. The van der Waals surface area contributed by atoms with Crippen molar-refractivity contribution in [3.8, 4) is 0 Å². The van der Waals surface area contributed by atoms with E-state index in [0.717, 1.165) is 18.2 Å². The Morgan fingerprint density at radius 2 is 1.65 bits per heavy atom. The van der Waals surface area contributed by atoms with Crippen molar-refractivity contribution in [2.24, 2.45) is 11.8 Å². The van der Waals surface area contributed by atoms with Crippen LogP contribution in [-0.4, -0.2) is 17.3 Å². The Morgan fingerprint density at radius 1 is 1.00 bits per heavy atom. The maximum Gasteiger partial charge on any atom is 0.223 e. The van der Waals surface area contributed by atoms with Crippen molar-refractivity contribution >= 4 is 21.8 Å². The number of nitrogens with one attached hydrogen (secondary N) is 1. The highest BCUT2D eigenvalue weighted by atomic mass is 79.9. The monoisotopic (exact) mass is 301 g/mol. The van der Waals surface area contributed by atoms with Gasteiger partial charge in [0.25, 0.3) is 0 Å². The molecule has 17 heavy (non-hydrogen) atoms. The zero-order valence-corrected chi connectivity index (χ0v) is 12.2. The first-order valence-electron chi connectivity index (χ1n) is 7.17.